The van der Waals surface area contributed by atoms with E-state index in [1.54, 1.807) is 24.4 Å². The zero-order valence-electron chi connectivity index (χ0n) is 8.87. The molecular weight excluding hydrogens is 281 g/mol. The lowest BCUT2D eigenvalue weighted by atomic mass is 10.1. The van der Waals surface area contributed by atoms with Gasteiger partial charge in [-0.15, -0.1) is 0 Å². The molecule has 1 heterocycles. The Morgan fingerprint density at radius 2 is 1.82 bits per heavy atom. The van der Waals surface area contributed by atoms with Crippen LogP contribution in [0.3, 0.4) is 0 Å². The van der Waals surface area contributed by atoms with E-state index in [1.165, 1.54) is 6.20 Å². The Balaban J connectivity index is 2.66. The monoisotopic (exact) mass is 289 g/mol. The van der Waals surface area contributed by atoms with E-state index in [2.05, 4.69) is 4.98 Å². The summed E-state index contributed by atoms with van der Waals surface area (Å²) in [6.45, 7) is 0. The van der Waals surface area contributed by atoms with Gasteiger partial charge in [0.05, 0.1) is 4.90 Å². The summed E-state index contributed by atoms with van der Waals surface area (Å²) < 4.78 is 23.2. The summed E-state index contributed by atoms with van der Waals surface area (Å²) in [7, 11) is -3.29. The maximum absolute atomic E-state index is 11.6. The van der Waals surface area contributed by atoms with Gasteiger partial charge in [-0.3, -0.25) is 0 Å². The average molecular weight is 290 g/mol. The highest BCUT2D eigenvalue weighted by atomic mass is 35.5. The molecule has 3 nitrogen and oxygen atoms in total. The van der Waals surface area contributed by atoms with Crippen LogP contribution in [0, 0.1) is 0 Å². The molecular formula is C11H9Cl2NO2S. The zero-order chi connectivity index (χ0) is 12.6. The first-order valence-corrected chi connectivity index (χ1v) is 7.36. The third-order valence-corrected chi connectivity index (χ3v) is 4.01. The van der Waals surface area contributed by atoms with Crippen molar-refractivity contribution in [3.63, 3.8) is 0 Å². The summed E-state index contributed by atoms with van der Waals surface area (Å²) in [6, 6.07) is 4.95. The molecule has 0 fully saturated rings. The number of hydrogen-bond donors (Lipinski definition) is 1. The number of rotatable bonds is 2. The molecule has 0 aliphatic carbocycles. The first kappa shape index (κ1) is 12.5. The van der Waals surface area contributed by atoms with Gasteiger partial charge in [-0.25, -0.2) is 8.42 Å². The fourth-order valence-corrected chi connectivity index (χ4v) is 2.94. The summed E-state index contributed by atoms with van der Waals surface area (Å²) in [5.41, 5.74) is 1.19. The predicted molar refractivity (Wildman–Crippen MR) is 69.4 cm³/mol. The lowest BCUT2D eigenvalue weighted by molar-refractivity contribution is 0.602. The van der Waals surface area contributed by atoms with Crippen LogP contribution in [0.15, 0.2) is 35.5 Å². The highest BCUT2D eigenvalue weighted by molar-refractivity contribution is 7.90. The van der Waals surface area contributed by atoms with Crippen molar-refractivity contribution in [2.75, 3.05) is 6.26 Å². The zero-order valence-corrected chi connectivity index (χ0v) is 11.2. The van der Waals surface area contributed by atoms with Gasteiger partial charge in [0.15, 0.2) is 9.84 Å². The summed E-state index contributed by atoms with van der Waals surface area (Å²) >= 11 is 11.8. The molecule has 2 rings (SSSR count). The summed E-state index contributed by atoms with van der Waals surface area (Å²) in [4.78, 5) is 3.00. The predicted octanol–water partition coefficient (Wildman–Crippen LogP) is 3.39. The van der Waals surface area contributed by atoms with Crippen LogP contribution in [0.5, 0.6) is 0 Å². The van der Waals surface area contributed by atoms with E-state index in [9.17, 15) is 8.42 Å². The van der Waals surface area contributed by atoms with Crippen molar-refractivity contribution in [2.24, 2.45) is 0 Å². The van der Waals surface area contributed by atoms with Gasteiger partial charge in [-0.05, 0) is 12.1 Å². The molecule has 1 aromatic heterocycles. The minimum Gasteiger partial charge on any atom is -0.366 e. The maximum Gasteiger partial charge on any atom is 0.177 e. The normalized spacial score (nSPS) is 11.7. The number of aromatic amines is 1. The number of H-pyrrole nitrogens is 1. The van der Waals surface area contributed by atoms with Crippen LogP contribution in [0.2, 0.25) is 10.0 Å². The second kappa shape index (κ2) is 4.37. The van der Waals surface area contributed by atoms with Gasteiger partial charge in [0.25, 0.3) is 0 Å². The second-order valence-electron chi connectivity index (χ2n) is 3.63. The lowest BCUT2D eigenvalue weighted by Crippen LogP contribution is -1.97. The highest BCUT2D eigenvalue weighted by Crippen LogP contribution is 2.34. The van der Waals surface area contributed by atoms with Crippen LogP contribution >= 0.6 is 23.2 Å². The van der Waals surface area contributed by atoms with Gasteiger partial charge in [0.2, 0.25) is 0 Å². The van der Waals surface area contributed by atoms with Crippen molar-refractivity contribution < 1.29 is 8.42 Å². The van der Waals surface area contributed by atoms with E-state index >= 15 is 0 Å². The van der Waals surface area contributed by atoms with Gasteiger partial charge in [-0.2, -0.15) is 0 Å². The van der Waals surface area contributed by atoms with Crippen LogP contribution in [0.4, 0.5) is 0 Å². The van der Waals surface area contributed by atoms with E-state index in [0.29, 0.717) is 21.2 Å². The SMILES string of the molecule is CS(=O)(=O)c1c[nH]cc1-c1ccc(Cl)cc1Cl. The van der Waals surface area contributed by atoms with Crippen molar-refractivity contribution >= 4 is 33.0 Å². The fourth-order valence-electron chi connectivity index (χ4n) is 1.57. The molecule has 0 unspecified atom stereocenters. The van der Waals surface area contributed by atoms with E-state index in [0.717, 1.165) is 6.26 Å². The molecule has 90 valence electrons. The standard InChI is InChI=1S/C11H9Cl2NO2S/c1-17(15,16)11-6-14-5-9(11)8-3-2-7(12)4-10(8)13/h2-6,14H,1H3. The first-order chi connectivity index (χ1) is 7.89. The first-order valence-electron chi connectivity index (χ1n) is 4.72. The summed E-state index contributed by atoms with van der Waals surface area (Å²) in [5, 5.41) is 0.928. The molecule has 0 aliphatic rings. The molecule has 1 N–H and O–H groups in total. The Kier molecular flexibility index (Phi) is 3.21. The summed E-state index contributed by atoms with van der Waals surface area (Å²) in [6.07, 6.45) is 4.20. The Bertz CT molecular complexity index is 662. The molecule has 0 saturated carbocycles. The minimum atomic E-state index is -3.29. The number of halogens is 2. The quantitative estimate of drug-likeness (QED) is 0.921. The van der Waals surface area contributed by atoms with Crippen LogP contribution in [-0.2, 0) is 9.84 Å². The van der Waals surface area contributed by atoms with Crippen LogP contribution in [-0.4, -0.2) is 19.7 Å². The largest absolute Gasteiger partial charge is 0.366 e. The molecule has 0 aliphatic heterocycles. The molecule has 0 spiro atoms. The number of benzene rings is 1. The van der Waals surface area contributed by atoms with E-state index < -0.39 is 9.84 Å². The van der Waals surface area contributed by atoms with E-state index in [1.807, 2.05) is 0 Å². The van der Waals surface area contributed by atoms with Gasteiger partial charge in [0.1, 0.15) is 0 Å². The lowest BCUT2D eigenvalue weighted by Gasteiger charge is -2.05. The molecule has 0 amide bonds. The number of nitrogens with one attached hydrogen (secondary N) is 1. The molecule has 2 aromatic rings. The minimum absolute atomic E-state index is 0.224. The van der Waals surface area contributed by atoms with Crippen molar-refractivity contribution in [3.8, 4) is 11.1 Å². The number of sulfone groups is 1. The number of hydrogen-bond acceptors (Lipinski definition) is 2. The Hall–Kier alpha value is -0.970. The van der Waals surface area contributed by atoms with Gasteiger partial charge in [-0.1, -0.05) is 29.3 Å². The smallest absolute Gasteiger partial charge is 0.177 e. The third kappa shape index (κ3) is 2.49. The fraction of sp³-hybridized carbons (Fsp3) is 0.0909. The van der Waals surface area contributed by atoms with E-state index in [-0.39, 0.29) is 4.90 Å². The molecule has 1 aromatic carbocycles. The Morgan fingerprint density at radius 1 is 1.12 bits per heavy atom. The van der Waals surface area contributed by atoms with Crippen molar-refractivity contribution in [1.82, 2.24) is 4.98 Å². The molecule has 0 saturated heterocycles. The van der Waals surface area contributed by atoms with Gasteiger partial charge in [0, 0.05) is 39.8 Å². The number of aromatic nitrogens is 1. The topological polar surface area (TPSA) is 49.9 Å². The van der Waals surface area contributed by atoms with Crippen molar-refractivity contribution in [1.29, 1.82) is 0 Å². The Morgan fingerprint density at radius 3 is 2.41 bits per heavy atom. The van der Waals surface area contributed by atoms with Crippen LogP contribution < -0.4 is 0 Å². The summed E-state index contributed by atoms with van der Waals surface area (Å²) in [5.74, 6) is 0. The van der Waals surface area contributed by atoms with Crippen molar-refractivity contribution in [2.45, 2.75) is 4.90 Å². The van der Waals surface area contributed by atoms with Crippen LogP contribution in [0.1, 0.15) is 0 Å². The average Bonchev–Trinajstić information content (AvgIpc) is 2.65. The van der Waals surface area contributed by atoms with Crippen LogP contribution in [0.25, 0.3) is 11.1 Å². The second-order valence-corrected chi connectivity index (χ2v) is 6.46. The van der Waals surface area contributed by atoms with Gasteiger partial charge >= 0.3 is 0 Å². The molecule has 0 atom stereocenters. The molecule has 0 bridgehead atoms. The Labute approximate surface area is 109 Å². The molecule has 6 heteroatoms. The molecule has 0 radical (unpaired) electrons. The maximum atomic E-state index is 11.6. The van der Waals surface area contributed by atoms with E-state index in [4.69, 9.17) is 23.2 Å². The van der Waals surface area contributed by atoms with Crippen molar-refractivity contribution in [3.05, 3.63) is 40.6 Å². The third-order valence-electron chi connectivity index (χ3n) is 2.33. The highest BCUT2D eigenvalue weighted by Gasteiger charge is 2.17. The van der Waals surface area contributed by atoms with Gasteiger partial charge < -0.3 is 4.98 Å². The molecule has 17 heavy (non-hydrogen) atoms.